The minimum atomic E-state index is 0.250. The lowest BCUT2D eigenvalue weighted by Gasteiger charge is -2.32. The van der Waals surface area contributed by atoms with Crippen LogP contribution < -0.4 is 4.74 Å². The normalized spacial score (nSPS) is 22.8. The Bertz CT molecular complexity index is 877. The zero-order valence-electron chi connectivity index (χ0n) is 13.4. The van der Waals surface area contributed by atoms with Crippen molar-refractivity contribution in [1.29, 1.82) is 0 Å². The molecule has 2 aliphatic heterocycles. The fourth-order valence-corrected chi connectivity index (χ4v) is 3.93. The third-order valence-corrected chi connectivity index (χ3v) is 5.07. The summed E-state index contributed by atoms with van der Waals surface area (Å²) in [5.41, 5.74) is 2.55. The van der Waals surface area contributed by atoms with Crippen LogP contribution in [0.5, 0.6) is 5.75 Å². The van der Waals surface area contributed by atoms with Crippen LogP contribution in [0.4, 0.5) is 0 Å². The number of hydrogen-bond acceptors (Lipinski definition) is 3. The van der Waals surface area contributed by atoms with Gasteiger partial charge in [0.15, 0.2) is 0 Å². The molecule has 2 aliphatic rings. The van der Waals surface area contributed by atoms with Gasteiger partial charge < -0.3 is 4.74 Å². The Morgan fingerprint density at radius 3 is 2.62 bits per heavy atom. The molecule has 24 heavy (non-hydrogen) atoms. The van der Waals surface area contributed by atoms with Crippen LogP contribution in [0.25, 0.3) is 10.8 Å². The lowest BCUT2D eigenvalue weighted by atomic mass is 9.88. The molecule has 0 saturated carbocycles. The monoisotopic (exact) mass is 317 g/mol. The molecule has 2 atom stereocenters. The standard InChI is InChI=1S/C21H19NO2/c1-2-6-15(7-3-1)12-22-21-17(14-24-22)13-23-19-11-10-16-8-4-5-9-18(16)20(19)21/h1-11,17,21H,12-14H2/t17-,21+/m1/s1. The Kier molecular flexibility index (Phi) is 3.28. The maximum absolute atomic E-state index is 6.06. The van der Waals surface area contributed by atoms with Gasteiger partial charge in [-0.15, -0.1) is 0 Å². The van der Waals surface area contributed by atoms with Gasteiger partial charge in [0.25, 0.3) is 0 Å². The Morgan fingerprint density at radius 2 is 1.71 bits per heavy atom. The average Bonchev–Trinajstić information content (AvgIpc) is 3.05. The van der Waals surface area contributed by atoms with Crippen LogP contribution in [-0.4, -0.2) is 18.3 Å². The molecular formula is C21H19NO2. The van der Waals surface area contributed by atoms with Gasteiger partial charge >= 0.3 is 0 Å². The van der Waals surface area contributed by atoms with Crippen molar-refractivity contribution in [3.05, 3.63) is 77.9 Å². The summed E-state index contributed by atoms with van der Waals surface area (Å²) in [6.45, 7) is 2.24. The number of rotatable bonds is 2. The van der Waals surface area contributed by atoms with Crippen LogP contribution >= 0.6 is 0 Å². The molecule has 3 nitrogen and oxygen atoms in total. The number of hydroxylamine groups is 2. The lowest BCUT2D eigenvalue weighted by Crippen LogP contribution is -2.31. The molecule has 5 rings (SSSR count). The van der Waals surface area contributed by atoms with Gasteiger partial charge in [-0.05, 0) is 22.4 Å². The third-order valence-electron chi connectivity index (χ3n) is 5.07. The van der Waals surface area contributed by atoms with Gasteiger partial charge in [0.05, 0.1) is 19.3 Å². The summed E-state index contributed by atoms with van der Waals surface area (Å²) in [6, 6.07) is 23.6. The Morgan fingerprint density at radius 1 is 0.875 bits per heavy atom. The minimum absolute atomic E-state index is 0.250. The first kappa shape index (κ1) is 14.0. The highest BCUT2D eigenvalue weighted by molar-refractivity contribution is 5.88. The van der Waals surface area contributed by atoms with E-state index in [1.54, 1.807) is 0 Å². The summed E-state index contributed by atoms with van der Waals surface area (Å²) in [4.78, 5) is 6.06. The van der Waals surface area contributed by atoms with E-state index in [2.05, 4.69) is 71.8 Å². The van der Waals surface area contributed by atoms with E-state index in [0.29, 0.717) is 5.92 Å². The molecule has 1 saturated heterocycles. The van der Waals surface area contributed by atoms with Gasteiger partial charge in [-0.25, -0.2) is 0 Å². The molecule has 0 amide bonds. The summed E-state index contributed by atoms with van der Waals surface area (Å²) in [6.07, 6.45) is 0. The number of ether oxygens (including phenoxy) is 1. The molecule has 3 aromatic carbocycles. The van der Waals surface area contributed by atoms with Crippen molar-refractivity contribution >= 4 is 10.8 Å². The molecule has 0 bridgehead atoms. The highest BCUT2D eigenvalue weighted by atomic mass is 16.7. The molecule has 3 aromatic rings. The second kappa shape index (κ2) is 5.62. The van der Waals surface area contributed by atoms with Gasteiger partial charge in [-0.1, -0.05) is 60.7 Å². The first-order chi connectivity index (χ1) is 11.9. The quantitative estimate of drug-likeness (QED) is 0.702. The molecule has 0 radical (unpaired) electrons. The summed E-state index contributed by atoms with van der Waals surface area (Å²) >= 11 is 0. The topological polar surface area (TPSA) is 21.7 Å². The van der Waals surface area contributed by atoms with Crippen molar-refractivity contribution in [3.8, 4) is 5.75 Å². The second-order valence-corrected chi connectivity index (χ2v) is 6.57. The van der Waals surface area contributed by atoms with E-state index in [4.69, 9.17) is 9.57 Å². The van der Waals surface area contributed by atoms with Gasteiger partial charge in [0.2, 0.25) is 0 Å². The van der Waals surface area contributed by atoms with Crippen LogP contribution in [0.2, 0.25) is 0 Å². The molecule has 0 N–H and O–H groups in total. The minimum Gasteiger partial charge on any atom is -0.493 e. The first-order valence-electron chi connectivity index (χ1n) is 8.48. The second-order valence-electron chi connectivity index (χ2n) is 6.57. The first-order valence-corrected chi connectivity index (χ1v) is 8.48. The predicted molar refractivity (Wildman–Crippen MR) is 93.6 cm³/mol. The maximum atomic E-state index is 6.06. The molecule has 3 heteroatoms. The number of benzene rings is 3. The van der Waals surface area contributed by atoms with Gasteiger partial charge in [-0.3, -0.25) is 4.84 Å². The van der Waals surface area contributed by atoms with E-state index in [9.17, 15) is 0 Å². The van der Waals surface area contributed by atoms with Gasteiger partial charge in [0.1, 0.15) is 5.75 Å². The molecule has 2 heterocycles. The molecule has 0 spiro atoms. The fourth-order valence-electron chi connectivity index (χ4n) is 3.93. The maximum Gasteiger partial charge on any atom is 0.124 e. The van der Waals surface area contributed by atoms with E-state index in [1.807, 2.05) is 0 Å². The highest BCUT2D eigenvalue weighted by Gasteiger charge is 2.42. The smallest absolute Gasteiger partial charge is 0.124 e. The molecule has 120 valence electrons. The SMILES string of the molecule is c1ccc(CN2OC[C@H]3COc4ccc5ccccc5c4[C@H]32)cc1. The van der Waals surface area contributed by atoms with Crippen molar-refractivity contribution < 1.29 is 9.57 Å². The van der Waals surface area contributed by atoms with E-state index >= 15 is 0 Å². The van der Waals surface area contributed by atoms with Crippen molar-refractivity contribution in [2.75, 3.05) is 13.2 Å². The molecule has 0 unspecified atom stereocenters. The summed E-state index contributed by atoms with van der Waals surface area (Å²) < 4.78 is 6.04. The summed E-state index contributed by atoms with van der Waals surface area (Å²) in [7, 11) is 0. The Balaban J connectivity index is 1.60. The van der Waals surface area contributed by atoms with E-state index in [-0.39, 0.29) is 6.04 Å². The Labute approximate surface area is 141 Å². The van der Waals surface area contributed by atoms with Crippen molar-refractivity contribution in [3.63, 3.8) is 0 Å². The molecule has 0 aromatic heterocycles. The lowest BCUT2D eigenvalue weighted by molar-refractivity contribution is -0.141. The summed E-state index contributed by atoms with van der Waals surface area (Å²) in [5, 5.41) is 4.67. The van der Waals surface area contributed by atoms with Crippen molar-refractivity contribution in [1.82, 2.24) is 5.06 Å². The van der Waals surface area contributed by atoms with Crippen LogP contribution in [0.1, 0.15) is 17.2 Å². The van der Waals surface area contributed by atoms with Crippen molar-refractivity contribution in [2.45, 2.75) is 12.6 Å². The zero-order chi connectivity index (χ0) is 15.9. The molecule has 1 fully saturated rings. The van der Waals surface area contributed by atoms with Crippen molar-refractivity contribution in [2.24, 2.45) is 5.92 Å². The van der Waals surface area contributed by atoms with E-state index in [1.165, 1.54) is 21.9 Å². The van der Waals surface area contributed by atoms with Crippen LogP contribution in [-0.2, 0) is 11.4 Å². The average molecular weight is 317 g/mol. The van der Waals surface area contributed by atoms with Gasteiger partial charge in [0, 0.05) is 18.0 Å². The largest absolute Gasteiger partial charge is 0.493 e. The summed E-state index contributed by atoms with van der Waals surface area (Å²) in [5.74, 6) is 1.38. The van der Waals surface area contributed by atoms with Crippen LogP contribution in [0.3, 0.4) is 0 Å². The van der Waals surface area contributed by atoms with E-state index < -0.39 is 0 Å². The van der Waals surface area contributed by atoms with Gasteiger partial charge in [-0.2, -0.15) is 5.06 Å². The predicted octanol–water partition coefficient (Wildman–Crippen LogP) is 4.34. The van der Waals surface area contributed by atoms with E-state index in [0.717, 1.165) is 25.5 Å². The molecular weight excluding hydrogens is 298 g/mol. The Hall–Kier alpha value is -2.36. The zero-order valence-corrected chi connectivity index (χ0v) is 13.4. The van der Waals surface area contributed by atoms with Crippen LogP contribution in [0.15, 0.2) is 66.7 Å². The highest BCUT2D eigenvalue weighted by Crippen LogP contribution is 2.47. The molecule has 0 aliphatic carbocycles. The number of nitrogens with zero attached hydrogens (tertiary/aromatic N) is 1. The van der Waals surface area contributed by atoms with Crippen LogP contribution in [0, 0.1) is 5.92 Å². The third kappa shape index (κ3) is 2.20. The fraction of sp³-hybridized carbons (Fsp3) is 0.238. The number of fused-ring (bicyclic) bond motifs is 5. The number of hydrogen-bond donors (Lipinski definition) is 0.